The highest BCUT2D eigenvalue weighted by Crippen LogP contribution is 2.25. The van der Waals surface area contributed by atoms with Gasteiger partial charge in [-0.3, -0.25) is 4.79 Å². The van der Waals surface area contributed by atoms with Crippen LogP contribution in [0.15, 0.2) is 35.7 Å². The summed E-state index contributed by atoms with van der Waals surface area (Å²) in [5.41, 5.74) is 1.59. The van der Waals surface area contributed by atoms with Crippen molar-refractivity contribution in [1.82, 2.24) is 9.03 Å². The second-order valence-corrected chi connectivity index (χ2v) is 7.75. The summed E-state index contributed by atoms with van der Waals surface area (Å²) in [6.45, 7) is 0.623. The fraction of sp³-hybridized carbons (Fsp3) is 0.200. The van der Waals surface area contributed by atoms with E-state index >= 15 is 0 Å². The molecule has 0 unspecified atom stereocenters. The second kappa shape index (κ2) is 6.12. The van der Waals surface area contributed by atoms with Crippen LogP contribution in [-0.2, 0) is 23.2 Å². The van der Waals surface area contributed by atoms with Gasteiger partial charge in [-0.1, -0.05) is 0 Å². The van der Waals surface area contributed by atoms with Gasteiger partial charge in [-0.25, -0.2) is 4.72 Å². The number of carbonyl (C=O) groups is 1. The quantitative estimate of drug-likeness (QED) is 0.914. The van der Waals surface area contributed by atoms with Gasteiger partial charge in [0, 0.05) is 23.5 Å². The van der Waals surface area contributed by atoms with E-state index in [1.807, 2.05) is 17.5 Å². The van der Waals surface area contributed by atoms with E-state index < -0.39 is 16.1 Å². The number of carbonyl (C=O) groups excluding carboxylic acids is 1. The number of fused-ring (bicyclic) bond motifs is 1. The number of amides is 1. The zero-order valence-corrected chi connectivity index (χ0v) is 13.7. The van der Waals surface area contributed by atoms with Crippen molar-refractivity contribution in [3.63, 3.8) is 0 Å². The number of nitriles is 1. The van der Waals surface area contributed by atoms with E-state index in [1.165, 1.54) is 33.4 Å². The first kappa shape index (κ1) is 15.7. The van der Waals surface area contributed by atoms with Crippen molar-refractivity contribution in [3.8, 4) is 6.07 Å². The van der Waals surface area contributed by atoms with Gasteiger partial charge in [0.25, 0.3) is 5.91 Å². The van der Waals surface area contributed by atoms with Crippen LogP contribution in [0.1, 0.15) is 26.4 Å². The molecule has 1 aromatic heterocycles. The highest BCUT2D eigenvalue weighted by molar-refractivity contribution is 7.87. The lowest BCUT2D eigenvalue weighted by Crippen LogP contribution is -2.45. The Hall–Kier alpha value is -2.21. The van der Waals surface area contributed by atoms with Crippen molar-refractivity contribution in [3.05, 3.63) is 57.3 Å². The molecule has 2 heterocycles. The van der Waals surface area contributed by atoms with Crippen LogP contribution >= 0.6 is 11.3 Å². The number of thiophene rings is 1. The SMILES string of the molecule is N#Cc1ccc(C(=O)NS(=O)(=O)N2CCc3sccc3C2)cc1. The molecule has 1 aromatic carbocycles. The third-order valence-corrected chi connectivity index (χ3v) is 6.07. The Morgan fingerprint density at radius 3 is 2.70 bits per heavy atom. The van der Waals surface area contributed by atoms with Crippen LogP contribution in [0.4, 0.5) is 0 Å². The Bertz CT molecular complexity index is 879. The smallest absolute Gasteiger partial charge is 0.268 e. The lowest BCUT2D eigenvalue weighted by molar-refractivity contribution is 0.0978. The Kier molecular flexibility index (Phi) is 4.17. The lowest BCUT2D eigenvalue weighted by atomic mass is 10.1. The van der Waals surface area contributed by atoms with Crippen LogP contribution < -0.4 is 4.72 Å². The molecule has 1 aliphatic rings. The number of hydrogen-bond acceptors (Lipinski definition) is 5. The summed E-state index contributed by atoms with van der Waals surface area (Å²) in [6, 6.07) is 9.65. The van der Waals surface area contributed by atoms with Gasteiger partial charge in [0.05, 0.1) is 11.6 Å². The van der Waals surface area contributed by atoms with Gasteiger partial charge in [0.2, 0.25) is 0 Å². The predicted octanol–water partition coefficient (Wildman–Crippen LogP) is 1.65. The number of nitrogens with one attached hydrogen (secondary N) is 1. The largest absolute Gasteiger partial charge is 0.304 e. The summed E-state index contributed by atoms with van der Waals surface area (Å²) in [4.78, 5) is 13.3. The molecule has 0 fully saturated rings. The van der Waals surface area contributed by atoms with Crippen LogP contribution in [0.2, 0.25) is 0 Å². The molecule has 1 amide bonds. The highest BCUT2D eigenvalue weighted by atomic mass is 32.2. The van der Waals surface area contributed by atoms with Crippen LogP contribution in [0.25, 0.3) is 0 Å². The molecule has 0 saturated carbocycles. The van der Waals surface area contributed by atoms with Crippen LogP contribution in [0, 0.1) is 11.3 Å². The van der Waals surface area contributed by atoms with Crippen LogP contribution in [0.5, 0.6) is 0 Å². The van der Waals surface area contributed by atoms with Gasteiger partial charge in [0.1, 0.15) is 0 Å². The molecular weight excluding hydrogens is 334 g/mol. The Labute approximate surface area is 138 Å². The van der Waals surface area contributed by atoms with E-state index in [1.54, 1.807) is 11.3 Å². The maximum absolute atomic E-state index is 12.4. The van der Waals surface area contributed by atoms with Crippen molar-refractivity contribution in [1.29, 1.82) is 5.26 Å². The molecule has 0 saturated heterocycles. The minimum atomic E-state index is -3.89. The predicted molar refractivity (Wildman–Crippen MR) is 86.0 cm³/mol. The molecule has 0 radical (unpaired) electrons. The Morgan fingerprint density at radius 2 is 2.00 bits per heavy atom. The highest BCUT2D eigenvalue weighted by Gasteiger charge is 2.28. The zero-order valence-electron chi connectivity index (χ0n) is 12.0. The number of nitrogens with zero attached hydrogens (tertiary/aromatic N) is 2. The maximum atomic E-state index is 12.4. The van der Waals surface area contributed by atoms with E-state index in [4.69, 9.17) is 5.26 Å². The topological polar surface area (TPSA) is 90.3 Å². The fourth-order valence-electron chi connectivity index (χ4n) is 2.36. The van der Waals surface area contributed by atoms with E-state index in [-0.39, 0.29) is 12.1 Å². The summed E-state index contributed by atoms with van der Waals surface area (Å²) in [7, 11) is -3.89. The molecule has 0 atom stereocenters. The molecule has 8 heteroatoms. The average molecular weight is 347 g/mol. The molecule has 23 heavy (non-hydrogen) atoms. The van der Waals surface area contributed by atoms with Crippen molar-refractivity contribution in [2.75, 3.05) is 6.54 Å². The summed E-state index contributed by atoms with van der Waals surface area (Å²) >= 11 is 1.62. The van der Waals surface area contributed by atoms with E-state index in [0.29, 0.717) is 18.5 Å². The normalized spacial score (nSPS) is 14.7. The molecule has 0 aliphatic carbocycles. The number of benzene rings is 1. The van der Waals surface area contributed by atoms with Gasteiger partial charge in [-0.2, -0.15) is 18.0 Å². The minimum Gasteiger partial charge on any atom is -0.268 e. The standard InChI is InChI=1S/C15H13N3O3S2/c16-9-11-1-3-12(4-2-11)15(19)17-23(20,21)18-7-5-14-13(10-18)6-8-22-14/h1-4,6,8H,5,7,10H2,(H,17,19). The summed E-state index contributed by atoms with van der Waals surface area (Å²) in [5.74, 6) is -0.703. The van der Waals surface area contributed by atoms with Gasteiger partial charge in [0.15, 0.2) is 0 Å². The molecule has 1 N–H and O–H groups in total. The molecule has 118 valence electrons. The molecule has 0 spiro atoms. The van der Waals surface area contributed by atoms with Gasteiger partial charge in [-0.15, -0.1) is 11.3 Å². The van der Waals surface area contributed by atoms with Crippen molar-refractivity contribution < 1.29 is 13.2 Å². The van der Waals surface area contributed by atoms with Crippen molar-refractivity contribution in [2.24, 2.45) is 0 Å². The number of hydrogen-bond donors (Lipinski definition) is 1. The fourth-order valence-corrected chi connectivity index (χ4v) is 4.38. The Balaban J connectivity index is 1.73. The molecular formula is C15H13N3O3S2. The van der Waals surface area contributed by atoms with Gasteiger partial charge >= 0.3 is 10.2 Å². The summed E-state index contributed by atoms with van der Waals surface area (Å²) in [6.07, 6.45) is 0.652. The third-order valence-electron chi connectivity index (χ3n) is 3.61. The first-order valence-corrected chi connectivity index (χ1v) is 9.19. The maximum Gasteiger partial charge on any atom is 0.304 e. The molecule has 1 aliphatic heterocycles. The van der Waals surface area contributed by atoms with Crippen molar-refractivity contribution >= 4 is 27.5 Å². The van der Waals surface area contributed by atoms with Crippen molar-refractivity contribution in [2.45, 2.75) is 13.0 Å². The van der Waals surface area contributed by atoms with Crippen LogP contribution in [-0.4, -0.2) is 25.2 Å². The van der Waals surface area contributed by atoms with E-state index in [9.17, 15) is 13.2 Å². The monoisotopic (exact) mass is 347 g/mol. The number of rotatable bonds is 3. The molecule has 2 aromatic rings. The summed E-state index contributed by atoms with van der Waals surface area (Å²) < 4.78 is 28.1. The first-order chi connectivity index (χ1) is 11.0. The van der Waals surface area contributed by atoms with Gasteiger partial charge < -0.3 is 0 Å². The molecule has 6 nitrogen and oxygen atoms in total. The van der Waals surface area contributed by atoms with Gasteiger partial charge in [-0.05, 0) is 47.7 Å². The minimum absolute atomic E-state index is 0.195. The Morgan fingerprint density at radius 1 is 1.26 bits per heavy atom. The van der Waals surface area contributed by atoms with E-state index in [2.05, 4.69) is 4.72 Å². The molecule has 0 bridgehead atoms. The van der Waals surface area contributed by atoms with E-state index in [0.717, 1.165) is 5.56 Å². The zero-order chi connectivity index (χ0) is 16.4. The summed E-state index contributed by atoms with van der Waals surface area (Å²) in [5, 5.41) is 10.7. The average Bonchev–Trinajstić information content (AvgIpc) is 3.02. The van der Waals surface area contributed by atoms with Crippen LogP contribution in [0.3, 0.4) is 0 Å². The second-order valence-electron chi connectivity index (χ2n) is 5.08. The molecule has 3 rings (SSSR count). The third kappa shape index (κ3) is 3.27. The first-order valence-electron chi connectivity index (χ1n) is 6.87. The lowest BCUT2D eigenvalue weighted by Gasteiger charge is -2.26.